The van der Waals surface area contributed by atoms with Crippen LogP contribution in [0, 0.1) is 0 Å². The van der Waals surface area contributed by atoms with Crippen LogP contribution in [0.2, 0.25) is 0 Å². The van der Waals surface area contributed by atoms with Crippen LogP contribution in [0.25, 0.3) is 0 Å². The summed E-state index contributed by atoms with van der Waals surface area (Å²) in [5.41, 5.74) is 17.0. The van der Waals surface area contributed by atoms with Crippen molar-refractivity contribution in [3.05, 3.63) is 35.9 Å². The van der Waals surface area contributed by atoms with E-state index in [0.717, 1.165) is 18.3 Å². The van der Waals surface area contributed by atoms with E-state index < -0.39 is 34.4 Å². The third kappa shape index (κ3) is 11.7. The molecule has 9 N–H and O–H groups in total. The minimum Gasteiger partial charge on any atom is -0.370 e. The highest BCUT2D eigenvalue weighted by molar-refractivity contribution is 7.79. The Morgan fingerprint density at radius 1 is 1.21 bits per heavy atom. The maximum Gasteiger partial charge on any atom is 0.394 e. The Bertz CT molecular complexity index is 930. The molecule has 0 aliphatic carbocycles. The Kier molecular flexibility index (Phi) is 12.1. The van der Waals surface area contributed by atoms with Gasteiger partial charge in [-0.25, -0.2) is 0 Å². The highest BCUT2D eigenvalue weighted by Gasteiger charge is 2.36. The van der Waals surface area contributed by atoms with Crippen LogP contribution in [0.1, 0.15) is 31.2 Å². The minimum absolute atomic E-state index is 0.00395. The Morgan fingerprint density at radius 3 is 2.35 bits per heavy atom. The van der Waals surface area contributed by atoms with E-state index in [1.807, 2.05) is 30.3 Å². The van der Waals surface area contributed by atoms with Crippen LogP contribution in [-0.2, 0) is 31.2 Å². The molecule has 1 heterocycles. The molecule has 13 nitrogen and oxygen atoms in total. The molecule has 0 radical (unpaired) electrons. The van der Waals surface area contributed by atoms with Gasteiger partial charge in [0, 0.05) is 13.1 Å². The molecule has 1 fully saturated rings. The standard InChI is InChI=1S/C20H30N6O3.H2O4S/c21-18(28)17-9-5-11-26(17)19(29)16(12-14-6-2-1-3-7-14)25-15(13-27)8-4-10-24-20(22)23;1-5(2,3)4/h1-3,6-7,13,15-17,25H,4-5,8-12H2,(H2,21,28)(H4,22,23,24);(H2,1,2,3,4)/t15?,16-,17+;/m1./s1. The van der Waals surface area contributed by atoms with E-state index in [0.29, 0.717) is 38.8 Å². The monoisotopic (exact) mass is 500 g/mol. The first-order valence-corrected chi connectivity index (χ1v) is 11.9. The zero-order valence-corrected chi connectivity index (χ0v) is 19.4. The number of rotatable bonds is 11. The number of aldehydes is 1. The van der Waals surface area contributed by atoms with Gasteiger partial charge >= 0.3 is 10.4 Å². The number of hydrogen-bond donors (Lipinski definition) is 6. The van der Waals surface area contributed by atoms with E-state index in [1.165, 1.54) is 4.90 Å². The van der Waals surface area contributed by atoms with E-state index >= 15 is 0 Å². The highest BCUT2D eigenvalue weighted by atomic mass is 32.3. The van der Waals surface area contributed by atoms with Crippen molar-refractivity contribution < 1.29 is 31.9 Å². The van der Waals surface area contributed by atoms with Gasteiger partial charge in [0.2, 0.25) is 11.8 Å². The summed E-state index contributed by atoms with van der Waals surface area (Å²) in [6.45, 7) is 0.886. The lowest BCUT2D eigenvalue weighted by molar-refractivity contribution is -0.139. The molecule has 0 aromatic heterocycles. The third-order valence-electron chi connectivity index (χ3n) is 4.99. The molecule has 3 atom stereocenters. The average molecular weight is 501 g/mol. The van der Waals surface area contributed by atoms with E-state index in [4.69, 9.17) is 34.7 Å². The molecule has 2 amide bonds. The van der Waals surface area contributed by atoms with Crippen molar-refractivity contribution in [1.82, 2.24) is 10.2 Å². The predicted molar refractivity (Wildman–Crippen MR) is 125 cm³/mol. The molecule has 14 heteroatoms. The Morgan fingerprint density at radius 2 is 1.82 bits per heavy atom. The van der Waals surface area contributed by atoms with Gasteiger partial charge in [-0.1, -0.05) is 30.3 Å². The summed E-state index contributed by atoms with van der Waals surface area (Å²) in [7, 11) is -4.67. The molecule has 190 valence electrons. The summed E-state index contributed by atoms with van der Waals surface area (Å²) in [5, 5.41) is 3.15. The van der Waals surface area contributed by atoms with Gasteiger partial charge in [-0.3, -0.25) is 29.0 Å². The molecule has 1 aliphatic heterocycles. The summed E-state index contributed by atoms with van der Waals surface area (Å²) < 4.78 is 31.6. The second-order valence-electron chi connectivity index (χ2n) is 7.64. The predicted octanol–water partition coefficient (Wildman–Crippen LogP) is -1.37. The van der Waals surface area contributed by atoms with Crippen LogP contribution in [0.3, 0.4) is 0 Å². The first kappa shape index (κ1) is 29.0. The Labute approximate surface area is 198 Å². The molecular formula is C20H32N6O7S. The highest BCUT2D eigenvalue weighted by Crippen LogP contribution is 2.19. The van der Waals surface area contributed by atoms with Crippen molar-refractivity contribution in [3.8, 4) is 0 Å². The number of amides is 2. The summed E-state index contributed by atoms with van der Waals surface area (Å²) in [5.74, 6) is -0.714. The number of benzene rings is 1. The van der Waals surface area contributed by atoms with E-state index in [2.05, 4.69) is 10.3 Å². The van der Waals surface area contributed by atoms with Crippen LogP contribution >= 0.6 is 0 Å². The molecule has 1 aromatic rings. The molecule has 1 aromatic carbocycles. The van der Waals surface area contributed by atoms with Gasteiger partial charge in [-0.15, -0.1) is 0 Å². The zero-order valence-electron chi connectivity index (χ0n) is 18.6. The maximum atomic E-state index is 13.2. The van der Waals surface area contributed by atoms with Gasteiger partial charge in [0.15, 0.2) is 5.96 Å². The number of carbonyl (C=O) groups excluding carboxylic acids is 3. The first-order chi connectivity index (χ1) is 15.9. The second kappa shape index (κ2) is 14.2. The van der Waals surface area contributed by atoms with Gasteiger partial charge in [0.05, 0.1) is 12.1 Å². The molecule has 34 heavy (non-hydrogen) atoms. The van der Waals surface area contributed by atoms with Crippen molar-refractivity contribution in [1.29, 1.82) is 0 Å². The summed E-state index contributed by atoms with van der Waals surface area (Å²) in [6, 6.07) is 7.76. The fourth-order valence-electron chi connectivity index (χ4n) is 3.56. The van der Waals surface area contributed by atoms with Crippen LogP contribution in [0.5, 0.6) is 0 Å². The molecule has 0 saturated carbocycles. The van der Waals surface area contributed by atoms with Crippen LogP contribution < -0.4 is 22.5 Å². The normalized spacial score (nSPS) is 17.1. The van der Waals surface area contributed by atoms with Gasteiger partial charge in [-0.05, 0) is 37.7 Å². The smallest absolute Gasteiger partial charge is 0.370 e. The number of primary amides is 1. The van der Waals surface area contributed by atoms with Crippen molar-refractivity contribution in [2.75, 3.05) is 13.1 Å². The third-order valence-corrected chi connectivity index (χ3v) is 4.99. The zero-order chi connectivity index (χ0) is 25.7. The number of hydrogen-bond acceptors (Lipinski definition) is 7. The van der Waals surface area contributed by atoms with Crippen molar-refractivity contribution in [2.45, 2.75) is 50.2 Å². The van der Waals surface area contributed by atoms with Crippen LogP contribution in [0.4, 0.5) is 0 Å². The number of carbonyl (C=O) groups is 3. The number of nitrogens with one attached hydrogen (secondary N) is 1. The lowest BCUT2D eigenvalue weighted by atomic mass is 10.0. The Hall–Kier alpha value is -3.07. The maximum absolute atomic E-state index is 13.2. The average Bonchev–Trinajstić information content (AvgIpc) is 3.24. The molecule has 0 spiro atoms. The van der Waals surface area contributed by atoms with Crippen LogP contribution in [0.15, 0.2) is 35.3 Å². The van der Waals surface area contributed by atoms with E-state index in [1.54, 1.807) is 0 Å². The summed E-state index contributed by atoms with van der Waals surface area (Å²) >= 11 is 0. The molecule has 0 bridgehead atoms. The number of nitrogens with zero attached hydrogens (tertiary/aromatic N) is 2. The fourth-order valence-corrected chi connectivity index (χ4v) is 3.56. The van der Waals surface area contributed by atoms with Gasteiger partial charge in [-0.2, -0.15) is 8.42 Å². The summed E-state index contributed by atoms with van der Waals surface area (Å²) in [4.78, 5) is 42.0. The lowest BCUT2D eigenvalue weighted by Gasteiger charge is -2.29. The minimum atomic E-state index is -4.67. The number of nitrogens with two attached hydrogens (primary N) is 3. The second-order valence-corrected chi connectivity index (χ2v) is 8.54. The number of likely N-dealkylation sites (tertiary alicyclic amines) is 1. The number of guanidine groups is 1. The molecule has 1 unspecified atom stereocenters. The molecular weight excluding hydrogens is 468 g/mol. The van der Waals surface area contributed by atoms with Gasteiger partial charge < -0.3 is 26.9 Å². The van der Waals surface area contributed by atoms with E-state index in [9.17, 15) is 14.4 Å². The van der Waals surface area contributed by atoms with Gasteiger partial charge in [0.25, 0.3) is 0 Å². The molecule has 1 saturated heterocycles. The number of aliphatic imine (C=N–C) groups is 1. The molecule has 2 rings (SSSR count). The largest absolute Gasteiger partial charge is 0.394 e. The van der Waals surface area contributed by atoms with Crippen molar-refractivity contribution in [3.63, 3.8) is 0 Å². The molecule has 1 aliphatic rings. The first-order valence-electron chi connectivity index (χ1n) is 10.5. The lowest BCUT2D eigenvalue weighted by Crippen LogP contribution is -2.54. The van der Waals surface area contributed by atoms with Crippen molar-refractivity contribution in [2.24, 2.45) is 22.2 Å². The van der Waals surface area contributed by atoms with Crippen molar-refractivity contribution >= 4 is 34.5 Å². The summed E-state index contributed by atoms with van der Waals surface area (Å²) in [6.07, 6.45) is 3.56. The Balaban J connectivity index is 0.00000104. The van der Waals surface area contributed by atoms with E-state index in [-0.39, 0.29) is 11.9 Å². The van der Waals surface area contributed by atoms with Crippen LogP contribution in [-0.4, -0.2) is 77.7 Å². The SMILES string of the molecule is NC(=O)[C@@H]1CCCN1C(=O)[C@@H](Cc1ccccc1)NC(C=O)CCCN=C(N)N.O=S(=O)(O)O. The van der Waals surface area contributed by atoms with Gasteiger partial charge in [0.1, 0.15) is 12.3 Å². The quantitative estimate of drug-likeness (QED) is 0.0686. The fraction of sp³-hybridized carbons (Fsp3) is 0.500. The topological polar surface area (TPSA) is 231 Å².